The van der Waals surface area contributed by atoms with Crippen LogP contribution in [0.2, 0.25) is 0 Å². The minimum absolute atomic E-state index is 0.0743. The molecule has 0 amide bonds. The minimum Gasteiger partial charge on any atom is -0.288 e. The first-order valence-corrected chi connectivity index (χ1v) is 12.6. The fourth-order valence-electron chi connectivity index (χ4n) is 8.24. The molecule has 7 atom stereocenters. The van der Waals surface area contributed by atoms with Gasteiger partial charge in [0.2, 0.25) is 5.78 Å². The third-order valence-corrected chi connectivity index (χ3v) is 10.7. The second-order valence-electron chi connectivity index (χ2n) is 10.8. The second-order valence-corrected chi connectivity index (χ2v) is 12.0. The number of carbonyl (C=O) groups is 2. The number of rotatable bonds is 4. The van der Waals surface area contributed by atoms with Gasteiger partial charge in [-0.25, -0.2) is 0 Å². The summed E-state index contributed by atoms with van der Waals surface area (Å²) in [6.45, 7) is 8.68. The van der Waals surface area contributed by atoms with Crippen LogP contribution in [0.1, 0.15) is 79.1 Å². The summed E-state index contributed by atoms with van der Waals surface area (Å²) < 4.78 is 0. The number of allylic oxidation sites excluding steroid dienone is 1. The molecule has 3 fully saturated rings. The van der Waals surface area contributed by atoms with Crippen molar-refractivity contribution in [1.82, 2.24) is 0 Å². The van der Waals surface area contributed by atoms with Crippen LogP contribution in [0.15, 0.2) is 11.3 Å². The van der Waals surface area contributed by atoms with Crippen LogP contribution in [0.3, 0.4) is 0 Å². The van der Waals surface area contributed by atoms with Crippen LogP contribution in [-0.2, 0) is 9.59 Å². The van der Waals surface area contributed by atoms with E-state index in [-0.39, 0.29) is 22.0 Å². The SMILES string of the molecule is CC(=O)SCC(C)[C@H]1CC[C@H]2[C@@H]3CCC4=C([N+](=O)[O-])C(=O)CC[C@]4(C)[C@H]3CC[C@]12C. The summed E-state index contributed by atoms with van der Waals surface area (Å²) in [6.07, 6.45) is 7.57. The van der Waals surface area contributed by atoms with E-state index in [9.17, 15) is 19.7 Å². The fraction of sp³-hybridized carbons (Fsp3) is 0.833. The van der Waals surface area contributed by atoms with Crippen LogP contribution < -0.4 is 0 Å². The Morgan fingerprint density at radius 3 is 2.57 bits per heavy atom. The number of carbonyl (C=O) groups excluding carboxylic acids is 2. The quantitative estimate of drug-likeness (QED) is 0.422. The molecule has 0 bridgehead atoms. The Balaban J connectivity index is 1.60. The van der Waals surface area contributed by atoms with Crippen molar-refractivity contribution in [1.29, 1.82) is 0 Å². The number of thioether (sulfide) groups is 1. The zero-order chi connectivity index (χ0) is 21.8. The molecule has 4 aliphatic carbocycles. The Kier molecular flexibility index (Phi) is 5.70. The molecule has 166 valence electrons. The van der Waals surface area contributed by atoms with Gasteiger partial charge in [-0.15, -0.1) is 0 Å². The standard InChI is InChI=1S/C24H35NO4S/c1-14(13-30-15(2)26)17-7-8-18-16-5-6-20-22(25(28)29)21(27)10-12-24(20,4)19(16)9-11-23(17,18)3/h14,16-19H,5-13H2,1-4H3/t14?,16-,17+,18-,19-,23+,24+/m0/s1. The molecule has 0 aromatic heterocycles. The maximum absolute atomic E-state index is 12.3. The van der Waals surface area contributed by atoms with Gasteiger partial charge in [-0.05, 0) is 85.4 Å². The van der Waals surface area contributed by atoms with Gasteiger partial charge >= 0.3 is 5.70 Å². The van der Waals surface area contributed by atoms with Crippen LogP contribution in [-0.4, -0.2) is 21.6 Å². The van der Waals surface area contributed by atoms with Crippen molar-refractivity contribution in [3.63, 3.8) is 0 Å². The minimum atomic E-state index is -0.400. The zero-order valence-electron chi connectivity index (χ0n) is 18.7. The molecule has 6 heteroatoms. The maximum atomic E-state index is 12.3. The molecule has 5 nitrogen and oxygen atoms in total. The first kappa shape index (κ1) is 22.0. The largest absolute Gasteiger partial charge is 0.311 e. The van der Waals surface area contributed by atoms with Crippen LogP contribution in [0.5, 0.6) is 0 Å². The molecule has 4 rings (SSSR count). The lowest BCUT2D eigenvalue weighted by Gasteiger charge is -2.58. The highest BCUT2D eigenvalue weighted by Crippen LogP contribution is 2.68. The van der Waals surface area contributed by atoms with Gasteiger partial charge in [0.1, 0.15) is 0 Å². The molecule has 0 heterocycles. The summed E-state index contributed by atoms with van der Waals surface area (Å²) in [5.41, 5.74) is 0.907. The highest BCUT2D eigenvalue weighted by Gasteiger charge is 2.61. The Morgan fingerprint density at radius 2 is 1.90 bits per heavy atom. The van der Waals surface area contributed by atoms with Crippen LogP contribution in [0.4, 0.5) is 0 Å². The lowest BCUT2D eigenvalue weighted by Crippen LogP contribution is -2.51. The first-order chi connectivity index (χ1) is 14.1. The van der Waals surface area contributed by atoms with Crippen LogP contribution >= 0.6 is 11.8 Å². The summed E-state index contributed by atoms with van der Waals surface area (Å²) in [7, 11) is 0. The lowest BCUT2D eigenvalue weighted by molar-refractivity contribution is -0.422. The van der Waals surface area contributed by atoms with E-state index >= 15 is 0 Å². The number of nitro groups is 1. The van der Waals surface area contributed by atoms with Gasteiger partial charge < -0.3 is 0 Å². The average molecular weight is 434 g/mol. The van der Waals surface area contributed by atoms with Crippen molar-refractivity contribution in [2.24, 2.45) is 40.4 Å². The monoisotopic (exact) mass is 433 g/mol. The third kappa shape index (κ3) is 3.28. The van der Waals surface area contributed by atoms with Crippen molar-refractivity contribution in [3.8, 4) is 0 Å². The highest BCUT2D eigenvalue weighted by molar-refractivity contribution is 8.13. The molecule has 0 aliphatic heterocycles. The molecule has 1 unspecified atom stereocenters. The molecule has 0 aromatic carbocycles. The van der Waals surface area contributed by atoms with Crippen molar-refractivity contribution >= 4 is 22.7 Å². The van der Waals surface area contributed by atoms with E-state index in [1.54, 1.807) is 6.92 Å². The maximum Gasteiger partial charge on any atom is 0.311 e. The number of nitrogens with zero attached hydrogens (tertiary/aromatic N) is 1. The van der Waals surface area contributed by atoms with Gasteiger partial charge in [-0.3, -0.25) is 19.7 Å². The Morgan fingerprint density at radius 1 is 1.17 bits per heavy atom. The summed E-state index contributed by atoms with van der Waals surface area (Å²) in [4.78, 5) is 35.1. The van der Waals surface area contributed by atoms with Crippen molar-refractivity contribution in [3.05, 3.63) is 21.4 Å². The van der Waals surface area contributed by atoms with E-state index in [0.717, 1.165) is 30.6 Å². The van der Waals surface area contributed by atoms with Crippen molar-refractivity contribution in [2.45, 2.75) is 79.1 Å². The molecule has 30 heavy (non-hydrogen) atoms. The zero-order valence-corrected chi connectivity index (χ0v) is 19.6. The molecule has 3 saturated carbocycles. The highest BCUT2D eigenvalue weighted by atomic mass is 32.2. The smallest absolute Gasteiger partial charge is 0.288 e. The topological polar surface area (TPSA) is 77.3 Å². The summed E-state index contributed by atoms with van der Waals surface area (Å²) in [6, 6.07) is 0. The number of Topliss-reactive ketones (excluding diaryl/α,β-unsaturated/α-hetero) is 1. The molecular weight excluding hydrogens is 398 g/mol. The van der Waals surface area contributed by atoms with E-state index < -0.39 is 4.92 Å². The van der Waals surface area contributed by atoms with E-state index in [1.165, 1.54) is 31.0 Å². The van der Waals surface area contributed by atoms with Gasteiger partial charge in [-0.2, -0.15) is 0 Å². The molecule has 0 spiro atoms. The Labute approximate surface area is 184 Å². The van der Waals surface area contributed by atoms with E-state index in [0.29, 0.717) is 47.8 Å². The predicted octanol–water partition coefficient (Wildman–Crippen LogP) is 5.65. The summed E-state index contributed by atoms with van der Waals surface area (Å²) >= 11 is 1.46. The number of ketones is 1. The van der Waals surface area contributed by atoms with Gasteiger partial charge in [0, 0.05) is 24.7 Å². The first-order valence-electron chi connectivity index (χ1n) is 11.6. The fourth-order valence-corrected chi connectivity index (χ4v) is 8.97. The average Bonchev–Trinajstić information content (AvgIpc) is 3.03. The molecular formula is C24H35NO4S. The number of hydrogen-bond donors (Lipinski definition) is 0. The lowest BCUT2D eigenvalue weighted by atomic mass is 9.46. The molecule has 0 saturated heterocycles. The molecule has 0 radical (unpaired) electrons. The summed E-state index contributed by atoms with van der Waals surface area (Å²) in [5.74, 6) is 3.58. The molecule has 0 N–H and O–H groups in total. The van der Waals surface area contributed by atoms with E-state index in [4.69, 9.17) is 0 Å². The summed E-state index contributed by atoms with van der Waals surface area (Å²) in [5, 5.41) is 11.9. The number of hydrogen-bond acceptors (Lipinski definition) is 5. The number of fused-ring (bicyclic) bond motifs is 5. The van der Waals surface area contributed by atoms with Gasteiger partial charge in [0.15, 0.2) is 5.12 Å². The van der Waals surface area contributed by atoms with Crippen LogP contribution in [0, 0.1) is 50.5 Å². The second kappa shape index (κ2) is 7.75. The normalized spacial score (nSPS) is 41.7. The van der Waals surface area contributed by atoms with Crippen molar-refractivity contribution < 1.29 is 14.5 Å². The van der Waals surface area contributed by atoms with Gasteiger partial charge in [0.05, 0.1) is 4.92 Å². The molecule has 0 aromatic rings. The van der Waals surface area contributed by atoms with Gasteiger partial charge in [-0.1, -0.05) is 32.5 Å². The van der Waals surface area contributed by atoms with Gasteiger partial charge in [0.25, 0.3) is 0 Å². The molecule has 4 aliphatic rings. The van der Waals surface area contributed by atoms with Crippen molar-refractivity contribution in [2.75, 3.05) is 5.75 Å². The Hall–Kier alpha value is -1.17. The van der Waals surface area contributed by atoms with E-state index in [1.807, 2.05) is 0 Å². The van der Waals surface area contributed by atoms with Crippen LogP contribution in [0.25, 0.3) is 0 Å². The predicted molar refractivity (Wildman–Crippen MR) is 118 cm³/mol. The Bertz CT molecular complexity index is 807. The van der Waals surface area contributed by atoms with E-state index in [2.05, 4.69) is 20.8 Å². The third-order valence-electron chi connectivity index (χ3n) is 9.59.